The molecule has 0 aliphatic rings. The molecule has 6 heteroatoms. The van der Waals surface area contributed by atoms with Crippen molar-refractivity contribution in [3.05, 3.63) is 53.6 Å². The van der Waals surface area contributed by atoms with Gasteiger partial charge in [-0.25, -0.2) is 0 Å². The summed E-state index contributed by atoms with van der Waals surface area (Å²) in [5.74, 6) is 0.713. The van der Waals surface area contributed by atoms with Crippen molar-refractivity contribution in [1.82, 2.24) is 4.90 Å². The third-order valence-corrected chi connectivity index (χ3v) is 4.09. The molecular formula is C20H24N2O4. The number of carbonyl (C=O) groups is 2. The number of nitrogens with zero attached hydrogens (tertiary/aromatic N) is 1. The molecule has 0 unspecified atom stereocenters. The van der Waals surface area contributed by atoms with E-state index in [1.165, 1.54) is 7.11 Å². The maximum absolute atomic E-state index is 12.5. The topological polar surface area (TPSA) is 67.9 Å². The lowest BCUT2D eigenvalue weighted by Gasteiger charge is -2.18. The number of hydrogen-bond donors (Lipinski definition) is 1. The van der Waals surface area contributed by atoms with E-state index >= 15 is 0 Å². The fourth-order valence-corrected chi connectivity index (χ4v) is 2.57. The van der Waals surface area contributed by atoms with Crippen LogP contribution in [0.4, 0.5) is 5.69 Å². The van der Waals surface area contributed by atoms with E-state index < -0.39 is 0 Å². The number of anilines is 1. The predicted octanol–water partition coefficient (Wildman–Crippen LogP) is 3.44. The zero-order valence-electron chi connectivity index (χ0n) is 15.5. The summed E-state index contributed by atoms with van der Waals surface area (Å²) in [5, 5.41) is 2.81. The Hall–Kier alpha value is -3.02. The quantitative estimate of drug-likeness (QED) is 0.825. The van der Waals surface area contributed by atoms with E-state index in [4.69, 9.17) is 9.47 Å². The van der Waals surface area contributed by atoms with Crippen molar-refractivity contribution < 1.29 is 19.1 Å². The average Bonchev–Trinajstić information content (AvgIpc) is 2.68. The molecule has 0 bridgehead atoms. The molecule has 0 aromatic heterocycles. The van der Waals surface area contributed by atoms with Crippen molar-refractivity contribution in [2.75, 3.05) is 32.6 Å². The van der Waals surface area contributed by atoms with Gasteiger partial charge in [0.25, 0.3) is 11.8 Å². The van der Waals surface area contributed by atoms with Crippen molar-refractivity contribution in [3.8, 4) is 11.5 Å². The molecular weight excluding hydrogens is 332 g/mol. The van der Waals surface area contributed by atoms with Crippen molar-refractivity contribution in [1.29, 1.82) is 0 Å². The van der Waals surface area contributed by atoms with Crippen LogP contribution < -0.4 is 14.8 Å². The van der Waals surface area contributed by atoms with Gasteiger partial charge in [0, 0.05) is 30.4 Å². The number of nitrogens with one attached hydrogen (secondary N) is 1. The van der Waals surface area contributed by atoms with Crippen LogP contribution in [0.25, 0.3) is 0 Å². The molecule has 0 spiro atoms. The van der Waals surface area contributed by atoms with Gasteiger partial charge in [0.2, 0.25) is 0 Å². The van der Waals surface area contributed by atoms with Gasteiger partial charge in [-0.3, -0.25) is 9.59 Å². The zero-order valence-corrected chi connectivity index (χ0v) is 15.5. The molecule has 0 aliphatic heterocycles. The van der Waals surface area contributed by atoms with E-state index in [-0.39, 0.29) is 11.8 Å². The first-order valence-corrected chi connectivity index (χ1v) is 8.46. The number of amides is 2. The second-order valence-electron chi connectivity index (χ2n) is 5.58. The first kappa shape index (κ1) is 19.3. The minimum absolute atomic E-state index is 0.0234. The van der Waals surface area contributed by atoms with Gasteiger partial charge in [-0.05, 0) is 50.2 Å². The van der Waals surface area contributed by atoms with Gasteiger partial charge in [-0.15, -0.1) is 0 Å². The molecule has 2 aromatic rings. The Morgan fingerprint density at radius 1 is 0.962 bits per heavy atom. The minimum atomic E-state index is -0.299. The molecule has 0 saturated carbocycles. The fraction of sp³-hybridized carbons (Fsp3) is 0.300. The molecule has 0 fully saturated rings. The number of methoxy groups -OCH3 is 2. The van der Waals surface area contributed by atoms with E-state index in [1.54, 1.807) is 54.5 Å². The van der Waals surface area contributed by atoms with Gasteiger partial charge < -0.3 is 19.7 Å². The van der Waals surface area contributed by atoms with Crippen molar-refractivity contribution in [2.45, 2.75) is 13.8 Å². The van der Waals surface area contributed by atoms with Gasteiger partial charge in [0.05, 0.1) is 19.8 Å². The Balaban J connectivity index is 2.14. The van der Waals surface area contributed by atoms with E-state index in [9.17, 15) is 9.59 Å². The summed E-state index contributed by atoms with van der Waals surface area (Å²) in [4.78, 5) is 26.6. The van der Waals surface area contributed by atoms with Gasteiger partial charge in [0.1, 0.15) is 11.5 Å². The summed E-state index contributed by atoms with van der Waals surface area (Å²) in [6.07, 6.45) is 0. The lowest BCUT2D eigenvalue weighted by molar-refractivity contribution is 0.0773. The molecule has 0 aliphatic carbocycles. The third-order valence-electron chi connectivity index (χ3n) is 4.09. The summed E-state index contributed by atoms with van der Waals surface area (Å²) in [5.41, 5.74) is 1.59. The normalized spacial score (nSPS) is 10.2. The highest BCUT2D eigenvalue weighted by Gasteiger charge is 2.15. The SMILES string of the molecule is CCN(CC)C(=O)c1ccc(NC(=O)c2ccc(OC)cc2OC)cc1. The maximum Gasteiger partial charge on any atom is 0.259 e. The molecule has 2 amide bonds. The second-order valence-corrected chi connectivity index (χ2v) is 5.58. The average molecular weight is 356 g/mol. The molecule has 0 heterocycles. The molecule has 0 atom stereocenters. The number of rotatable bonds is 7. The Morgan fingerprint density at radius 3 is 2.15 bits per heavy atom. The first-order chi connectivity index (χ1) is 12.5. The van der Waals surface area contributed by atoms with Gasteiger partial charge >= 0.3 is 0 Å². The molecule has 26 heavy (non-hydrogen) atoms. The summed E-state index contributed by atoms with van der Waals surface area (Å²) < 4.78 is 10.4. The molecule has 0 saturated heterocycles. The van der Waals surface area contributed by atoms with E-state index in [2.05, 4.69) is 5.32 Å². The van der Waals surface area contributed by atoms with E-state index in [1.807, 2.05) is 13.8 Å². The van der Waals surface area contributed by atoms with Crippen LogP contribution in [0.2, 0.25) is 0 Å². The fourth-order valence-electron chi connectivity index (χ4n) is 2.57. The smallest absolute Gasteiger partial charge is 0.259 e. The Morgan fingerprint density at radius 2 is 1.62 bits per heavy atom. The number of ether oxygens (including phenoxy) is 2. The molecule has 0 radical (unpaired) electrons. The lowest BCUT2D eigenvalue weighted by Crippen LogP contribution is -2.30. The van der Waals surface area contributed by atoms with Crippen LogP contribution in [0.3, 0.4) is 0 Å². The largest absolute Gasteiger partial charge is 0.497 e. The standard InChI is InChI=1S/C20H24N2O4/c1-5-22(6-2)20(24)14-7-9-15(10-8-14)21-19(23)17-12-11-16(25-3)13-18(17)26-4/h7-13H,5-6H2,1-4H3,(H,21,23). The minimum Gasteiger partial charge on any atom is -0.497 e. The highest BCUT2D eigenvalue weighted by atomic mass is 16.5. The molecule has 138 valence electrons. The Kier molecular flexibility index (Phi) is 6.60. The van der Waals surface area contributed by atoms with Crippen LogP contribution in [-0.4, -0.2) is 44.0 Å². The summed E-state index contributed by atoms with van der Waals surface area (Å²) >= 11 is 0. The number of hydrogen-bond acceptors (Lipinski definition) is 4. The monoisotopic (exact) mass is 356 g/mol. The van der Waals surface area contributed by atoms with E-state index in [0.717, 1.165) is 0 Å². The molecule has 6 nitrogen and oxygen atoms in total. The zero-order chi connectivity index (χ0) is 19.1. The highest BCUT2D eigenvalue weighted by molar-refractivity contribution is 6.06. The van der Waals surface area contributed by atoms with Gasteiger partial charge in [-0.1, -0.05) is 0 Å². The lowest BCUT2D eigenvalue weighted by atomic mass is 10.1. The highest BCUT2D eigenvalue weighted by Crippen LogP contribution is 2.25. The maximum atomic E-state index is 12.5. The van der Waals surface area contributed by atoms with Crippen LogP contribution >= 0.6 is 0 Å². The van der Waals surface area contributed by atoms with E-state index in [0.29, 0.717) is 41.4 Å². The van der Waals surface area contributed by atoms with Crippen molar-refractivity contribution in [3.63, 3.8) is 0 Å². The summed E-state index contributed by atoms with van der Waals surface area (Å²) in [6, 6.07) is 11.8. The third kappa shape index (κ3) is 4.33. The first-order valence-electron chi connectivity index (χ1n) is 8.46. The Labute approximate surface area is 153 Å². The van der Waals surface area contributed by atoms with Crippen LogP contribution in [0.15, 0.2) is 42.5 Å². The molecule has 1 N–H and O–H groups in total. The number of benzene rings is 2. The molecule has 2 rings (SSSR count). The van der Waals surface area contributed by atoms with Crippen LogP contribution in [0.5, 0.6) is 11.5 Å². The second kappa shape index (κ2) is 8.89. The van der Waals surface area contributed by atoms with Crippen LogP contribution in [-0.2, 0) is 0 Å². The molecule has 2 aromatic carbocycles. The van der Waals surface area contributed by atoms with Gasteiger partial charge in [-0.2, -0.15) is 0 Å². The van der Waals surface area contributed by atoms with Gasteiger partial charge in [0.15, 0.2) is 0 Å². The Bertz CT molecular complexity index is 768. The van der Waals surface area contributed by atoms with Crippen LogP contribution in [0.1, 0.15) is 34.6 Å². The number of carbonyl (C=O) groups excluding carboxylic acids is 2. The summed E-state index contributed by atoms with van der Waals surface area (Å²) in [7, 11) is 3.05. The van der Waals surface area contributed by atoms with Crippen LogP contribution in [0, 0.1) is 0 Å². The predicted molar refractivity (Wildman–Crippen MR) is 101 cm³/mol. The summed E-state index contributed by atoms with van der Waals surface area (Å²) in [6.45, 7) is 5.20. The van der Waals surface area contributed by atoms with Crippen molar-refractivity contribution in [2.24, 2.45) is 0 Å². The van der Waals surface area contributed by atoms with Crippen molar-refractivity contribution >= 4 is 17.5 Å².